The monoisotopic (exact) mass is 262 g/mol. The van der Waals surface area contributed by atoms with Gasteiger partial charge in [0.05, 0.1) is 6.61 Å². The number of ether oxygens (including phenoxy) is 1. The molecular weight excluding hydrogens is 236 g/mol. The van der Waals surface area contributed by atoms with Crippen molar-refractivity contribution in [1.82, 2.24) is 4.90 Å². The van der Waals surface area contributed by atoms with Crippen LogP contribution in [0.5, 0.6) is 5.75 Å². The molecule has 3 heteroatoms. The lowest BCUT2D eigenvalue weighted by atomic mass is 10.1. The van der Waals surface area contributed by atoms with Crippen LogP contribution in [0.1, 0.15) is 31.7 Å². The van der Waals surface area contributed by atoms with Crippen molar-refractivity contribution in [3.05, 3.63) is 29.8 Å². The number of piperidine rings is 1. The van der Waals surface area contributed by atoms with Crippen molar-refractivity contribution in [1.29, 1.82) is 0 Å². The third kappa shape index (κ3) is 4.51. The molecular formula is C16H26N2O. The first kappa shape index (κ1) is 14.4. The van der Waals surface area contributed by atoms with Gasteiger partial charge in [0.1, 0.15) is 5.75 Å². The highest BCUT2D eigenvalue weighted by Gasteiger charge is 2.15. The predicted molar refractivity (Wildman–Crippen MR) is 79.6 cm³/mol. The number of para-hydroxylation sites is 1. The largest absolute Gasteiger partial charge is 0.493 e. The van der Waals surface area contributed by atoms with E-state index in [0.29, 0.717) is 6.04 Å². The van der Waals surface area contributed by atoms with Gasteiger partial charge in [-0.25, -0.2) is 0 Å². The van der Waals surface area contributed by atoms with Crippen LogP contribution in [0.3, 0.4) is 0 Å². The van der Waals surface area contributed by atoms with Gasteiger partial charge >= 0.3 is 0 Å². The van der Waals surface area contributed by atoms with E-state index in [1.54, 1.807) is 0 Å². The van der Waals surface area contributed by atoms with E-state index in [9.17, 15) is 0 Å². The fourth-order valence-corrected chi connectivity index (χ4v) is 2.58. The highest BCUT2D eigenvalue weighted by atomic mass is 16.5. The molecule has 1 aliphatic rings. The maximum absolute atomic E-state index is 5.91. The van der Waals surface area contributed by atoms with Crippen LogP contribution >= 0.6 is 0 Å². The smallest absolute Gasteiger partial charge is 0.122 e. The van der Waals surface area contributed by atoms with Crippen molar-refractivity contribution in [2.75, 3.05) is 26.2 Å². The second-order valence-electron chi connectivity index (χ2n) is 5.34. The molecule has 1 fully saturated rings. The fraction of sp³-hybridized carbons (Fsp3) is 0.625. The zero-order valence-corrected chi connectivity index (χ0v) is 12.0. The molecule has 0 unspecified atom stereocenters. The molecule has 0 spiro atoms. The number of hydrogen-bond acceptors (Lipinski definition) is 3. The lowest BCUT2D eigenvalue weighted by Crippen LogP contribution is -2.40. The van der Waals surface area contributed by atoms with Gasteiger partial charge in [-0.3, -0.25) is 0 Å². The molecule has 19 heavy (non-hydrogen) atoms. The summed E-state index contributed by atoms with van der Waals surface area (Å²) in [6, 6.07) is 8.74. The molecule has 1 aromatic rings. The molecule has 3 nitrogen and oxygen atoms in total. The van der Waals surface area contributed by atoms with E-state index in [0.717, 1.165) is 57.7 Å². The number of rotatable bonds is 6. The highest BCUT2D eigenvalue weighted by molar-refractivity contribution is 5.33. The lowest BCUT2D eigenvalue weighted by Gasteiger charge is -2.29. The molecule has 1 heterocycles. The van der Waals surface area contributed by atoms with Gasteiger partial charge in [0.2, 0.25) is 0 Å². The zero-order chi connectivity index (χ0) is 13.5. The maximum atomic E-state index is 5.91. The van der Waals surface area contributed by atoms with Gasteiger partial charge in [-0.05, 0) is 50.4 Å². The molecule has 2 rings (SSSR count). The first-order chi connectivity index (χ1) is 9.29. The van der Waals surface area contributed by atoms with E-state index >= 15 is 0 Å². The zero-order valence-electron chi connectivity index (χ0n) is 12.0. The van der Waals surface area contributed by atoms with Gasteiger partial charge in [0, 0.05) is 12.6 Å². The molecule has 0 saturated carbocycles. The minimum absolute atomic E-state index is 0.420. The van der Waals surface area contributed by atoms with Gasteiger partial charge in [-0.2, -0.15) is 0 Å². The summed E-state index contributed by atoms with van der Waals surface area (Å²) in [6.45, 7) is 6.39. The Hall–Kier alpha value is -1.06. The van der Waals surface area contributed by atoms with E-state index in [4.69, 9.17) is 10.5 Å². The maximum Gasteiger partial charge on any atom is 0.122 e. The third-order valence-electron chi connectivity index (χ3n) is 3.86. The summed E-state index contributed by atoms with van der Waals surface area (Å²) < 4.78 is 5.89. The van der Waals surface area contributed by atoms with Crippen LogP contribution in [0.25, 0.3) is 0 Å². The summed E-state index contributed by atoms with van der Waals surface area (Å²) in [5.74, 6) is 1.05. The first-order valence-corrected chi connectivity index (χ1v) is 7.48. The Morgan fingerprint density at radius 1 is 1.26 bits per heavy atom. The predicted octanol–water partition coefficient (Wildman–Crippen LogP) is 2.44. The van der Waals surface area contributed by atoms with E-state index in [1.165, 1.54) is 5.56 Å². The average molecular weight is 262 g/mol. The van der Waals surface area contributed by atoms with Crippen LogP contribution in [-0.4, -0.2) is 37.2 Å². The lowest BCUT2D eigenvalue weighted by molar-refractivity contribution is 0.193. The molecule has 2 N–H and O–H groups in total. The van der Waals surface area contributed by atoms with Crippen LogP contribution in [0.4, 0.5) is 0 Å². The molecule has 1 saturated heterocycles. The molecule has 1 aromatic carbocycles. The minimum Gasteiger partial charge on any atom is -0.493 e. The normalized spacial score (nSPS) is 17.6. The Kier molecular flexibility index (Phi) is 5.67. The molecule has 0 radical (unpaired) electrons. The van der Waals surface area contributed by atoms with Crippen LogP contribution in [-0.2, 0) is 6.42 Å². The Balaban J connectivity index is 1.66. The summed E-state index contributed by atoms with van der Waals surface area (Å²) in [5, 5.41) is 0. The average Bonchev–Trinajstić information content (AvgIpc) is 2.46. The number of likely N-dealkylation sites (tertiary alicyclic amines) is 1. The van der Waals surface area contributed by atoms with E-state index in [2.05, 4.69) is 30.0 Å². The van der Waals surface area contributed by atoms with Gasteiger partial charge in [0.25, 0.3) is 0 Å². The molecule has 0 aliphatic carbocycles. The summed E-state index contributed by atoms with van der Waals surface area (Å²) in [7, 11) is 0. The Morgan fingerprint density at radius 2 is 2.00 bits per heavy atom. The number of aryl methyl sites for hydroxylation is 1. The van der Waals surface area contributed by atoms with Gasteiger partial charge in [-0.1, -0.05) is 25.1 Å². The summed E-state index contributed by atoms with van der Waals surface area (Å²) in [5.41, 5.74) is 7.21. The topological polar surface area (TPSA) is 38.5 Å². The van der Waals surface area contributed by atoms with Crippen LogP contribution in [0.15, 0.2) is 24.3 Å². The molecule has 0 amide bonds. The number of hydrogen-bond donors (Lipinski definition) is 1. The standard InChI is InChI=1S/C16H26N2O/c1-2-14-6-3-4-7-16(14)19-13-5-10-18-11-8-15(17)9-12-18/h3-4,6-7,15H,2,5,8-13,17H2,1H3. The highest BCUT2D eigenvalue weighted by Crippen LogP contribution is 2.18. The van der Waals surface area contributed by atoms with E-state index in [-0.39, 0.29) is 0 Å². The first-order valence-electron chi connectivity index (χ1n) is 7.48. The molecule has 0 atom stereocenters. The minimum atomic E-state index is 0.420. The second-order valence-corrected chi connectivity index (χ2v) is 5.34. The molecule has 1 aliphatic heterocycles. The summed E-state index contributed by atoms with van der Waals surface area (Å²) >= 11 is 0. The van der Waals surface area contributed by atoms with E-state index < -0.39 is 0 Å². The van der Waals surface area contributed by atoms with Crippen molar-refractivity contribution in [3.8, 4) is 5.75 Å². The quantitative estimate of drug-likeness (QED) is 0.800. The van der Waals surface area contributed by atoms with E-state index in [1.807, 2.05) is 6.07 Å². The summed E-state index contributed by atoms with van der Waals surface area (Å²) in [6.07, 6.45) is 4.40. The third-order valence-corrected chi connectivity index (χ3v) is 3.86. The van der Waals surface area contributed by atoms with Crippen molar-refractivity contribution in [3.63, 3.8) is 0 Å². The number of nitrogens with two attached hydrogens (primary N) is 1. The van der Waals surface area contributed by atoms with Crippen LogP contribution < -0.4 is 10.5 Å². The number of benzene rings is 1. The number of nitrogens with zero attached hydrogens (tertiary/aromatic N) is 1. The van der Waals surface area contributed by atoms with Crippen molar-refractivity contribution in [2.24, 2.45) is 5.73 Å². The molecule has 106 valence electrons. The van der Waals surface area contributed by atoms with Gasteiger partial charge in [0.15, 0.2) is 0 Å². The van der Waals surface area contributed by atoms with Crippen molar-refractivity contribution >= 4 is 0 Å². The van der Waals surface area contributed by atoms with Gasteiger partial charge < -0.3 is 15.4 Å². The van der Waals surface area contributed by atoms with Crippen molar-refractivity contribution in [2.45, 2.75) is 38.6 Å². The SMILES string of the molecule is CCc1ccccc1OCCCN1CCC(N)CC1. The molecule has 0 aromatic heterocycles. The second kappa shape index (κ2) is 7.51. The van der Waals surface area contributed by atoms with Crippen LogP contribution in [0.2, 0.25) is 0 Å². The Labute approximate surface area is 116 Å². The fourth-order valence-electron chi connectivity index (χ4n) is 2.58. The Bertz CT molecular complexity index is 373. The van der Waals surface area contributed by atoms with Gasteiger partial charge in [-0.15, -0.1) is 0 Å². The van der Waals surface area contributed by atoms with Crippen LogP contribution in [0, 0.1) is 0 Å². The Morgan fingerprint density at radius 3 is 2.74 bits per heavy atom. The summed E-state index contributed by atoms with van der Waals surface area (Å²) in [4.78, 5) is 2.50. The molecule has 0 bridgehead atoms. The van der Waals surface area contributed by atoms with Crippen molar-refractivity contribution < 1.29 is 4.74 Å².